The molecule has 0 saturated carbocycles. The first-order chi connectivity index (χ1) is 11.8. The van der Waals surface area contributed by atoms with Crippen molar-refractivity contribution in [1.82, 2.24) is 0 Å². The lowest BCUT2D eigenvalue weighted by atomic mass is 9.97. The van der Waals surface area contributed by atoms with Gasteiger partial charge < -0.3 is 49.6 Å². The summed E-state index contributed by atoms with van der Waals surface area (Å²) in [5.41, 5.74) is 0. The van der Waals surface area contributed by atoms with Gasteiger partial charge in [-0.05, 0) is 6.92 Å². The minimum Gasteiger partial charge on any atom is -0.394 e. The van der Waals surface area contributed by atoms with Gasteiger partial charge in [-0.1, -0.05) is 15.9 Å². The van der Waals surface area contributed by atoms with Crippen LogP contribution in [0.4, 0.5) is 0 Å². The Labute approximate surface area is 153 Å². The summed E-state index contributed by atoms with van der Waals surface area (Å²) in [5, 5.41) is 59.6. The van der Waals surface area contributed by atoms with Gasteiger partial charge in [0, 0.05) is 5.33 Å². The van der Waals surface area contributed by atoms with E-state index >= 15 is 0 Å². The van der Waals surface area contributed by atoms with Crippen molar-refractivity contribution >= 4 is 15.9 Å². The molecule has 0 aliphatic carbocycles. The van der Waals surface area contributed by atoms with Gasteiger partial charge in [-0.25, -0.2) is 0 Å². The number of halogens is 1. The average Bonchev–Trinajstić information content (AvgIpc) is 2.60. The molecule has 10 nitrogen and oxygen atoms in total. The van der Waals surface area contributed by atoms with Crippen molar-refractivity contribution in [3.05, 3.63) is 0 Å². The minimum absolute atomic E-state index is 0.192. The number of alkyl halides is 1. The SMILES string of the molecule is C[C@@H]1O[C@@H](O[C@H]2[C@H](OCCBr)O[C@H](CO)[C@H](O)[C@@H]2O)[C@@H](O)[C@H](O)[C@@H]1O. The molecule has 2 fully saturated rings. The smallest absolute Gasteiger partial charge is 0.187 e. The third kappa shape index (κ3) is 4.68. The Hall–Kier alpha value is 0.0800. The van der Waals surface area contributed by atoms with Crippen LogP contribution in [0.15, 0.2) is 0 Å². The molecule has 148 valence electrons. The van der Waals surface area contributed by atoms with E-state index in [1.807, 2.05) is 0 Å². The molecule has 2 aliphatic rings. The highest BCUT2D eigenvalue weighted by atomic mass is 79.9. The topological polar surface area (TPSA) is 158 Å². The molecule has 0 amide bonds. The van der Waals surface area contributed by atoms with Crippen molar-refractivity contribution in [3.8, 4) is 0 Å². The molecule has 2 saturated heterocycles. The highest BCUT2D eigenvalue weighted by molar-refractivity contribution is 9.09. The third-order valence-electron chi connectivity index (χ3n) is 4.28. The lowest BCUT2D eigenvalue weighted by Gasteiger charge is -2.45. The Bertz CT molecular complexity index is 415. The maximum absolute atomic E-state index is 10.3. The van der Waals surface area contributed by atoms with E-state index in [0.717, 1.165) is 0 Å². The van der Waals surface area contributed by atoms with E-state index in [2.05, 4.69) is 15.9 Å². The van der Waals surface area contributed by atoms with Crippen LogP contribution in [0.2, 0.25) is 0 Å². The summed E-state index contributed by atoms with van der Waals surface area (Å²) in [6.45, 7) is 1.14. The van der Waals surface area contributed by atoms with Gasteiger partial charge >= 0.3 is 0 Å². The van der Waals surface area contributed by atoms with Crippen molar-refractivity contribution in [2.24, 2.45) is 0 Å². The Kier molecular flexibility index (Phi) is 7.98. The maximum atomic E-state index is 10.3. The van der Waals surface area contributed by atoms with Gasteiger partial charge in [0.15, 0.2) is 12.6 Å². The van der Waals surface area contributed by atoms with Crippen LogP contribution in [-0.2, 0) is 18.9 Å². The van der Waals surface area contributed by atoms with Crippen molar-refractivity contribution in [3.63, 3.8) is 0 Å². The minimum atomic E-state index is -1.58. The highest BCUT2D eigenvalue weighted by Crippen LogP contribution is 2.29. The number of rotatable bonds is 6. The Morgan fingerprint density at radius 2 is 1.56 bits per heavy atom. The average molecular weight is 433 g/mol. The molecule has 0 aromatic carbocycles. The molecular weight excluding hydrogens is 408 g/mol. The normalized spacial score (nSPS) is 48.5. The van der Waals surface area contributed by atoms with Crippen LogP contribution >= 0.6 is 15.9 Å². The van der Waals surface area contributed by atoms with Crippen molar-refractivity contribution < 1.29 is 49.6 Å². The molecule has 2 aliphatic heterocycles. The Balaban J connectivity index is 2.12. The first-order valence-electron chi connectivity index (χ1n) is 7.97. The first-order valence-corrected chi connectivity index (χ1v) is 9.09. The predicted octanol–water partition coefficient (Wildman–Crippen LogP) is -2.95. The zero-order valence-corrected chi connectivity index (χ0v) is 15.2. The van der Waals surface area contributed by atoms with E-state index in [-0.39, 0.29) is 6.61 Å². The molecule has 0 bridgehead atoms. The van der Waals surface area contributed by atoms with Crippen LogP contribution in [-0.4, -0.2) is 111 Å². The summed E-state index contributed by atoms with van der Waals surface area (Å²) in [7, 11) is 0. The van der Waals surface area contributed by atoms with Crippen LogP contribution in [0.1, 0.15) is 6.92 Å². The predicted molar refractivity (Wildman–Crippen MR) is 84.7 cm³/mol. The molecule has 0 radical (unpaired) electrons. The molecule has 0 unspecified atom stereocenters. The molecule has 6 N–H and O–H groups in total. The van der Waals surface area contributed by atoms with Crippen LogP contribution in [0, 0.1) is 0 Å². The standard InChI is InChI=1S/C14H25BrO10/c1-5-7(17)9(19)11(21)13(23-5)25-12-10(20)8(18)6(4-16)24-14(12)22-3-2-15/h5-14,16-21H,2-4H2,1H3/t5-,6+,7+,8-,9+,10-,11-,12+,13-,14+/m0/s1. The van der Waals surface area contributed by atoms with E-state index in [0.29, 0.717) is 5.33 Å². The summed E-state index contributed by atoms with van der Waals surface area (Å²) in [6, 6.07) is 0. The zero-order valence-electron chi connectivity index (χ0n) is 13.6. The number of ether oxygens (including phenoxy) is 4. The fourth-order valence-corrected chi connectivity index (χ4v) is 2.96. The second kappa shape index (κ2) is 9.33. The van der Waals surface area contributed by atoms with Gasteiger partial charge in [0.2, 0.25) is 0 Å². The fraction of sp³-hybridized carbons (Fsp3) is 1.00. The molecule has 10 atom stereocenters. The summed E-state index contributed by atoms with van der Waals surface area (Å²) in [4.78, 5) is 0. The van der Waals surface area contributed by atoms with Crippen molar-refractivity contribution in [2.45, 2.75) is 68.3 Å². The number of aliphatic hydroxyl groups is 6. The second-order valence-electron chi connectivity index (χ2n) is 6.05. The van der Waals surface area contributed by atoms with Gasteiger partial charge in [0.05, 0.1) is 19.3 Å². The molecule has 2 rings (SSSR count). The third-order valence-corrected chi connectivity index (χ3v) is 4.61. The molecule has 0 aromatic heterocycles. The summed E-state index contributed by atoms with van der Waals surface area (Å²) >= 11 is 3.18. The van der Waals surface area contributed by atoms with Crippen LogP contribution in [0.3, 0.4) is 0 Å². The van der Waals surface area contributed by atoms with Gasteiger partial charge in [0.1, 0.15) is 42.7 Å². The van der Waals surface area contributed by atoms with Crippen molar-refractivity contribution in [2.75, 3.05) is 18.5 Å². The number of aliphatic hydroxyl groups excluding tert-OH is 6. The number of hydrogen-bond acceptors (Lipinski definition) is 10. The fourth-order valence-electron chi connectivity index (χ4n) is 2.78. The van der Waals surface area contributed by atoms with Gasteiger partial charge in [-0.3, -0.25) is 0 Å². The van der Waals surface area contributed by atoms with Crippen LogP contribution in [0.5, 0.6) is 0 Å². The second-order valence-corrected chi connectivity index (χ2v) is 6.84. The lowest BCUT2D eigenvalue weighted by molar-refractivity contribution is -0.364. The van der Waals surface area contributed by atoms with Gasteiger partial charge in [-0.15, -0.1) is 0 Å². The summed E-state index contributed by atoms with van der Waals surface area (Å²) in [5.74, 6) is 0. The summed E-state index contributed by atoms with van der Waals surface area (Å²) in [6.07, 6.45) is -13.0. The zero-order chi connectivity index (χ0) is 18.7. The summed E-state index contributed by atoms with van der Waals surface area (Å²) < 4.78 is 21.7. The van der Waals surface area contributed by atoms with Crippen molar-refractivity contribution in [1.29, 1.82) is 0 Å². The molecule has 11 heteroatoms. The Morgan fingerprint density at radius 3 is 2.16 bits per heavy atom. The first kappa shape index (κ1) is 21.4. The van der Waals surface area contributed by atoms with E-state index in [1.54, 1.807) is 0 Å². The van der Waals surface area contributed by atoms with E-state index in [4.69, 9.17) is 18.9 Å². The molecule has 2 heterocycles. The lowest BCUT2D eigenvalue weighted by Crippen LogP contribution is -2.64. The van der Waals surface area contributed by atoms with Gasteiger partial charge in [0.25, 0.3) is 0 Å². The van der Waals surface area contributed by atoms with Crippen LogP contribution in [0.25, 0.3) is 0 Å². The highest BCUT2D eigenvalue weighted by Gasteiger charge is 2.50. The monoisotopic (exact) mass is 432 g/mol. The quantitative estimate of drug-likeness (QED) is 0.239. The number of hydrogen-bond donors (Lipinski definition) is 6. The largest absolute Gasteiger partial charge is 0.394 e. The van der Waals surface area contributed by atoms with E-state index in [1.165, 1.54) is 6.92 Å². The van der Waals surface area contributed by atoms with Gasteiger partial charge in [-0.2, -0.15) is 0 Å². The Morgan fingerprint density at radius 1 is 0.880 bits per heavy atom. The molecule has 0 spiro atoms. The molecular formula is C14H25BrO10. The van der Waals surface area contributed by atoms with E-state index < -0.39 is 68.0 Å². The molecule has 0 aromatic rings. The van der Waals surface area contributed by atoms with Crippen LogP contribution < -0.4 is 0 Å². The maximum Gasteiger partial charge on any atom is 0.187 e. The molecule has 25 heavy (non-hydrogen) atoms. The van der Waals surface area contributed by atoms with E-state index in [9.17, 15) is 30.6 Å².